The fraction of sp³-hybridized carbons (Fsp3) is 0.333. The Balaban J connectivity index is 2.21. The number of ether oxygens (including phenoxy) is 1. The number of benzene rings is 1. The highest BCUT2D eigenvalue weighted by atomic mass is 16.5. The second kappa shape index (κ2) is 4.99. The molecule has 0 N–H and O–H groups in total. The third kappa shape index (κ3) is 2.68. The fourth-order valence-electron chi connectivity index (χ4n) is 2.43. The van der Waals surface area contributed by atoms with E-state index in [0.29, 0.717) is 6.61 Å². The van der Waals surface area contributed by atoms with Crippen LogP contribution >= 0.6 is 0 Å². The SMILES string of the molecule is Cc1cc(C2=NC(C)(C)COc3ccccc32)cnc1C. The van der Waals surface area contributed by atoms with Crippen molar-refractivity contribution in [3.05, 3.63) is 58.9 Å². The Kier molecular flexibility index (Phi) is 3.28. The number of rotatable bonds is 1. The van der Waals surface area contributed by atoms with Crippen LogP contribution in [-0.2, 0) is 0 Å². The smallest absolute Gasteiger partial charge is 0.128 e. The maximum atomic E-state index is 5.93. The molecule has 0 amide bonds. The number of fused-ring (bicyclic) bond motifs is 1. The monoisotopic (exact) mass is 280 g/mol. The first-order valence-corrected chi connectivity index (χ1v) is 7.22. The Morgan fingerprint density at radius 2 is 1.90 bits per heavy atom. The highest BCUT2D eigenvalue weighted by Gasteiger charge is 2.26. The fourth-order valence-corrected chi connectivity index (χ4v) is 2.43. The zero-order valence-corrected chi connectivity index (χ0v) is 13.0. The molecule has 3 heteroatoms. The lowest BCUT2D eigenvalue weighted by atomic mass is 10.00. The minimum absolute atomic E-state index is 0.257. The zero-order valence-electron chi connectivity index (χ0n) is 13.0. The van der Waals surface area contributed by atoms with Crippen LogP contribution in [0.15, 0.2) is 41.5 Å². The van der Waals surface area contributed by atoms with Gasteiger partial charge in [0.25, 0.3) is 0 Å². The predicted octanol–water partition coefficient (Wildman–Crippen LogP) is 3.71. The van der Waals surface area contributed by atoms with Crippen molar-refractivity contribution in [1.82, 2.24) is 4.98 Å². The topological polar surface area (TPSA) is 34.5 Å². The Morgan fingerprint density at radius 3 is 2.67 bits per heavy atom. The van der Waals surface area contributed by atoms with Crippen molar-refractivity contribution in [1.29, 1.82) is 0 Å². The van der Waals surface area contributed by atoms with Crippen molar-refractivity contribution in [3.8, 4) is 5.75 Å². The molecule has 21 heavy (non-hydrogen) atoms. The maximum absolute atomic E-state index is 5.93. The van der Waals surface area contributed by atoms with Gasteiger partial charge in [0, 0.05) is 23.0 Å². The lowest BCUT2D eigenvalue weighted by molar-refractivity contribution is 0.248. The molecular weight excluding hydrogens is 260 g/mol. The molecule has 0 radical (unpaired) electrons. The van der Waals surface area contributed by atoms with Gasteiger partial charge in [0.15, 0.2) is 0 Å². The summed E-state index contributed by atoms with van der Waals surface area (Å²) in [4.78, 5) is 9.43. The van der Waals surface area contributed by atoms with Gasteiger partial charge in [-0.2, -0.15) is 0 Å². The summed E-state index contributed by atoms with van der Waals surface area (Å²) in [6, 6.07) is 10.2. The number of para-hydroxylation sites is 1. The molecule has 0 atom stereocenters. The summed E-state index contributed by atoms with van der Waals surface area (Å²) in [5.74, 6) is 0.889. The summed E-state index contributed by atoms with van der Waals surface area (Å²) in [7, 11) is 0. The van der Waals surface area contributed by atoms with Crippen molar-refractivity contribution in [2.75, 3.05) is 6.61 Å². The molecule has 1 aromatic carbocycles. The summed E-state index contributed by atoms with van der Waals surface area (Å²) in [5, 5.41) is 0. The minimum Gasteiger partial charge on any atom is -0.490 e. The second-order valence-electron chi connectivity index (χ2n) is 6.18. The van der Waals surface area contributed by atoms with Crippen LogP contribution in [0.5, 0.6) is 5.75 Å². The normalized spacial score (nSPS) is 16.5. The van der Waals surface area contributed by atoms with Gasteiger partial charge in [0.05, 0.1) is 11.3 Å². The molecule has 1 aliphatic rings. The summed E-state index contributed by atoms with van der Waals surface area (Å²) < 4.78 is 5.93. The first-order valence-electron chi connectivity index (χ1n) is 7.22. The Bertz CT molecular complexity index is 717. The Labute approximate surface area is 125 Å². The van der Waals surface area contributed by atoms with Crippen molar-refractivity contribution in [2.45, 2.75) is 33.2 Å². The lowest BCUT2D eigenvalue weighted by Gasteiger charge is -2.18. The molecule has 0 saturated heterocycles. The van der Waals surface area contributed by atoms with Crippen LogP contribution in [0.4, 0.5) is 0 Å². The molecule has 108 valence electrons. The van der Waals surface area contributed by atoms with Gasteiger partial charge in [-0.25, -0.2) is 0 Å². The number of aryl methyl sites for hydroxylation is 2. The van der Waals surface area contributed by atoms with Crippen LogP contribution in [0.3, 0.4) is 0 Å². The maximum Gasteiger partial charge on any atom is 0.128 e. The molecule has 0 spiro atoms. The van der Waals surface area contributed by atoms with Crippen LogP contribution in [0, 0.1) is 13.8 Å². The number of aliphatic imine (C=N–C) groups is 1. The van der Waals surface area contributed by atoms with Gasteiger partial charge in [-0.05, 0) is 51.5 Å². The van der Waals surface area contributed by atoms with Gasteiger partial charge in [-0.1, -0.05) is 12.1 Å². The quantitative estimate of drug-likeness (QED) is 0.798. The highest BCUT2D eigenvalue weighted by molar-refractivity contribution is 6.14. The molecular formula is C18H20N2O. The minimum atomic E-state index is -0.257. The van der Waals surface area contributed by atoms with Crippen LogP contribution < -0.4 is 4.74 Å². The highest BCUT2D eigenvalue weighted by Crippen LogP contribution is 2.29. The van der Waals surface area contributed by atoms with Gasteiger partial charge >= 0.3 is 0 Å². The summed E-state index contributed by atoms with van der Waals surface area (Å²) in [5.41, 5.74) is 5.01. The van der Waals surface area contributed by atoms with Gasteiger partial charge < -0.3 is 4.74 Å². The van der Waals surface area contributed by atoms with Crippen LogP contribution in [0.2, 0.25) is 0 Å². The molecule has 0 fully saturated rings. The van der Waals surface area contributed by atoms with E-state index in [0.717, 1.165) is 28.3 Å². The van der Waals surface area contributed by atoms with Gasteiger partial charge in [0.2, 0.25) is 0 Å². The third-order valence-corrected chi connectivity index (χ3v) is 3.75. The predicted molar refractivity (Wildman–Crippen MR) is 85.4 cm³/mol. The molecule has 2 aromatic rings. The average Bonchev–Trinajstić information content (AvgIpc) is 2.59. The molecule has 3 nitrogen and oxygen atoms in total. The molecule has 1 aliphatic heterocycles. The summed E-state index contributed by atoms with van der Waals surface area (Å²) in [6.07, 6.45) is 1.90. The van der Waals surface area contributed by atoms with Crippen molar-refractivity contribution in [2.24, 2.45) is 4.99 Å². The molecule has 3 rings (SSSR count). The molecule has 2 heterocycles. The first-order chi connectivity index (χ1) is 9.96. The van der Waals surface area contributed by atoms with E-state index in [4.69, 9.17) is 9.73 Å². The van der Waals surface area contributed by atoms with Crippen LogP contribution in [0.25, 0.3) is 0 Å². The van der Waals surface area contributed by atoms with E-state index in [-0.39, 0.29) is 5.54 Å². The van der Waals surface area contributed by atoms with Crippen molar-refractivity contribution < 1.29 is 4.74 Å². The van der Waals surface area contributed by atoms with E-state index in [9.17, 15) is 0 Å². The van der Waals surface area contributed by atoms with E-state index >= 15 is 0 Å². The molecule has 0 unspecified atom stereocenters. The molecule has 0 aliphatic carbocycles. The van der Waals surface area contributed by atoms with Crippen LogP contribution in [-0.4, -0.2) is 22.8 Å². The first kappa shape index (κ1) is 13.8. The second-order valence-corrected chi connectivity index (χ2v) is 6.18. The zero-order chi connectivity index (χ0) is 15.0. The molecule has 0 bridgehead atoms. The Morgan fingerprint density at radius 1 is 1.14 bits per heavy atom. The third-order valence-electron chi connectivity index (χ3n) is 3.75. The molecule has 1 aromatic heterocycles. The van der Waals surface area contributed by atoms with Gasteiger partial charge in [-0.3, -0.25) is 9.98 Å². The number of hydrogen-bond acceptors (Lipinski definition) is 3. The summed E-state index contributed by atoms with van der Waals surface area (Å²) in [6.45, 7) is 8.86. The largest absolute Gasteiger partial charge is 0.490 e. The van der Waals surface area contributed by atoms with Gasteiger partial charge in [0.1, 0.15) is 12.4 Å². The standard InChI is InChI=1S/C18H20N2O/c1-12-9-14(10-19-13(12)2)17-15-7-5-6-8-16(15)21-11-18(3,4)20-17/h5-10H,11H2,1-4H3. The average molecular weight is 280 g/mol. The van der Waals surface area contributed by atoms with Crippen molar-refractivity contribution in [3.63, 3.8) is 0 Å². The van der Waals surface area contributed by atoms with E-state index in [1.54, 1.807) is 0 Å². The van der Waals surface area contributed by atoms with E-state index in [2.05, 4.69) is 37.9 Å². The summed E-state index contributed by atoms with van der Waals surface area (Å²) >= 11 is 0. The number of nitrogens with zero attached hydrogens (tertiary/aromatic N) is 2. The molecule has 0 saturated carbocycles. The lowest BCUT2D eigenvalue weighted by Crippen LogP contribution is -2.26. The van der Waals surface area contributed by atoms with Gasteiger partial charge in [-0.15, -0.1) is 0 Å². The van der Waals surface area contributed by atoms with E-state index in [1.807, 2.05) is 31.3 Å². The number of pyridine rings is 1. The van der Waals surface area contributed by atoms with Crippen LogP contribution in [0.1, 0.15) is 36.2 Å². The van der Waals surface area contributed by atoms with E-state index < -0.39 is 0 Å². The van der Waals surface area contributed by atoms with Crippen molar-refractivity contribution >= 4 is 5.71 Å². The number of aromatic nitrogens is 1. The Hall–Kier alpha value is -2.16. The van der Waals surface area contributed by atoms with E-state index in [1.165, 1.54) is 5.56 Å². The number of hydrogen-bond donors (Lipinski definition) is 0.